The number of aryl methyl sites for hydroxylation is 1. The van der Waals surface area contributed by atoms with Crippen molar-refractivity contribution in [2.24, 2.45) is 0 Å². The first-order valence-electron chi connectivity index (χ1n) is 6.50. The monoisotopic (exact) mass is 249 g/mol. The Morgan fingerprint density at radius 2 is 1.83 bits per heavy atom. The van der Waals surface area contributed by atoms with Crippen LogP contribution in [0.25, 0.3) is 0 Å². The Morgan fingerprint density at radius 3 is 2.22 bits per heavy atom. The summed E-state index contributed by atoms with van der Waals surface area (Å²) in [5.41, 5.74) is 1.09. The van der Waals surface area contributed by atoms with Crippen molar-refractivity contribution in [1.29, 1.82) is 0 Å². The Labute approximate surface area is 109 Å². The normalized spacial score (nSPS) is 14.5. The van der Waals surface area contributed by atoms with Crippen molar-refractivity contribution < 1.29 is 9.90 Å². The summed E-state index contributed by atoms with van der Waals surface area (Å²) in [6, 6.07) is 7.81. The molecule has 3 nitrogen and oxygen atoms in total. The second-order valence-corrected chi connectivity index (χ2v) is 4.81. The third kappa shape index (κ3) is 2.56. The number of nitrogens with zero attached hydrogens (tertiary/aromatic N) is 1. The van der Waals surface area contributed by atoms with Crippen molar-refractivity contribution in [3.8, 4) is 0 Å². The maximum absolute atomic E-state index is 11.8. The zero-order valence-electron chi connectivity index (χ0n) is 11.7. The molecule has 0 radical (unpaired) electrons. The number of likely N-dealkylation sites (N-methyl/N-ethyl adjacent to an activating group) is 1. The van der Waals surface area contributed by atoms with E-state index in [9.17, 15) is 9.90 Å². The second-order valence-electron chi connectivity index (χ2n) is 4.81. The van der Waals surface area contributed by atoms with E-state index in [0.717, 1.165) is 24.1 Å². The van der Waals surface area contributed by atoms with E-state index in [2.05, 4.69) is 6.92 Å². The molecule has 100 valence electrons. The predicted molar refractivity (Wildman–Crippen MR) is 73.7 cm³/mol. The molecule has 0 heterocycles. The highest BCUT2D eigenvalue weighted by Gasteiger charge is 2.42. The van der Waals surface area contributed by atoms with Crippen LogP contribution < -0.4 is 0 Å². The molecule has 18 heavy (non-hydrogen) atoms. The van der Waals surface area contributed by atoms with E-state index in [1.807, 2.05) is 50.1 Å². The SMILES string of the molecule is CCCN(C)C(CC)(C(=O)O)c1ccc(C)cc1. The molecular formula is C15H23NO2. The zero-order chi connectivity index (χ0) is 13.8. The summed E-state index contributed by atoms with van der Waals surface area (Å²) in [5, 5.41) is 9.70. The van der Waals surface area contributed by atoms with Gasteiger partial charge in [-0.15, -0.1) is 0 Å². The molecule has 0 aromatic heterocycles. The van der Waals surface area contributed by atoms with Crippen molar-refractivity contribution in [2.75, 3.05) is 13.6 Å². The molecule has 1 rings (SSSR count). The van der Waals surface area contributed by atoms with Crippen LogP contribution in [-0.2, 0) is 10.3 Å². The number of carbonyl (C=O) groups is 1. The lowest BCUT2D eigenvalue weighted by Gasteiger charge is -2.38. The average molecular weight is 249 g/mol. The molecule has 0 aliphatic heterocycles. The van der Waals surface area contributed by atoms with Crippen LogP contribution in [0.4, 0.5) is 0 Å². The second kappa shape index (κ2) is 6.01. The van der Waals surface area contributed by atoms with Crippen LogP contribution in [0.15, 0.2) is 24.3 Å². The number of aliphatic carboxylic acids is 1. The van der Waals surface area contributed by atoms with Crippen molar-refractivity contribution in [1.82, 2.24) is 4.90 Å². The standard InChI is InChI=1S/C15H23NO2/c1-5-11-16(4)15(6-2,14(17)18)13-9-7-12(3)8-10-13/h7-10H,5-6,11H2,1-4H3,(H,17,18). The van der Waals surface area contributed by atoms with Gasteiger partial charge in [-0.2, -0.15) is 0 Å². The van der Waals surface area contributed by atoms with Gasteiger partial charge in [0.05, 0.1) is 0 Å². The molecule has 0 spiro atoms. The quantitative estimate of drug-likeness (QED) is 0.842. The fourth-order valence-corrected chi connectivity index (χ4v) is 2.49. The molecule has 0 saturated heterocycles. The van der Waals surface area contributed by atoms with Gasteiger partial charge in [0.1, 0.15) is 5.54 Å². The maximum Gasteiger partial charge on any atom is 0.328 e. The van der Waals surface area contributed by atoms with E-state index >= 15 is 0 Å². The zero-order valence-corrected chi connectivity index (χ0v) is 11.7. The number of hydrogen-bond acceptors (Lipinski definition) is 2. The van der Waals surface area contributed by atoms with Crippen molar-refractivity contribution in [3.05, 3.63) is 35.4 Å². The maximum atomic E-state index is 11.8. The number of hydrogen-bond donors (Lipinski definition) is 1. The van der Waals surface area contributed by atoms with Gasteiger partial charge in [0, 0.05) is 0 Å². The minimum absolute atomic E-state index is 0.557. The third-order valence-electron chi connectivity index (χ3n) is 3.61. The van der Waals surface area contributed by atoms with Crippen LogP contribution in [-0.4, -0.2) is 29.6 Å². The van der Waals surface area contributed by atoms with Gasteiger partial charge in [0.15, 0.2) is 0 Å². The van der Waals surface area contributed by atoms with E-state index in [1.54, 1.807) is 0 Å². The van der Waals surface area contributed by atoms with E-state index in [-0.39, 0.29) is 0 Å². The van der Waals surface area contributed by atoms with Crippen LogP contribution in [0.5, 0.6) is 0 Å². The summed E-state index contributed by atoms with van der Waals surface area (Å²) in [7, 11) is 1.89. The molecule has 0 bridgehead atoms. The topological polar surface area (TPSA) is 40.5 Å². The van der Waals surface area contributed by atoms with E-state index in [4.69, 9.17) is 0 Å². The summed E-state index contributed by atoms with van der Waals surface area (Å²) in [4.78, 5) is 13.8. The minimum atomic E-state index is -0.913. The summed E-state index contributed by atoms with van der Waals surface area (Å²) in [5.74, 6) is -0.773. The van der Waals surface area contributed by atoms with Crippen LogP contribution in [0.1, 0.15) is 37.8 Å². The molecule has 1 aromatic rings. The number of benzene rings is 1. The fourth-order valence-electron chi connectivity index (χ4n) is 2.49. The fraction of sp³-hybridized carbons (Fsp3) is 0.533. The van der Waals surface area contributed by atoms with Gasteiger partial charge >= 0.3 is 5.97 Å². The number of rotatable bonds is 6. The summed E-state index contributed by atoms with van der Waals surface area (Å²) >= 11 is 0. The average Bonchev–Trinajstić information content (AvgIpc) is 2.33. The van der Waals surface area contributed by atoms with Gasteiger partial charge in [-0.1, -0.05) is 43.7 Å². The first-order chi connectivity index (χ1) is 8.48. The highest BCUT2D eigenvalue weighted by molar-refractivity contribution is 5.80. The number of carboxylic acids is 1. The summed E-state index contributed by atoms with van der Waals surface area (Å²) < 4.78 is 0. The van der Waals surface area contributed by atoms with Crippen LogP contribution >= 0.6 is 0 Å². The van der Waals surface area contributed by atoms with Gasteiger partial charge in [-0.3, -0.25) is 4.90 Å². The highest BCUT2D eigenvalue weighted by Crippen LogP contribution is 2.32. The Kier molecular flexibility index (Phi) is 4.91. The molecular weight excluding hydrogens is 226 g/mol. The van der Waals surface area contributed by atoms with Crippen LogP contribution in [0.2, 0.25) is 0 Å². The lowest BCUT2D eigenvalue weighted by molar-refractivity contribution is -0.152. The van der Waals surface area contributed by atoms with Gasteiger partial charge < -0.3 is 5.11 Å². The molecule has 0 aliphatic carbocycles. The highest BCUT2D eigenvalue weighted by atomic mass is 16.4. The van der Waals surface area contributed by atoms with E-state index < -0.39 is 11.5 Å². The van der Waals surface area contributed by atoms with Gasteiger partial charge in [0.25, 0.3) is 0 Å². The molecule has 0 fully saturated rings. The first kappa shape index (κ1) is 14.7. The van der Waals surface area contributed by atoms with E-state index in [0.29, 0.717) is 6.42 Å². The first-order valence-corrected chi connectivity index (χ1v) is 6.50. The minimum Gasteiger partial charge on any atom is -0.480 e. The molecule has 0 aliphatic rings. The van der Waals surface area contributed by atoms with Gasteiger partial charge in [-0.05, 0) is 38.9 Å². The lowest BCUT2D eigenvalue weighted by Crippen LogP contribution is -2.50. The summed E-state index contributed by atoms with van der Waals surface area (Å²) in [6.45, 7) is 6.77. The molecule has 3 heteroatoms. The Morgan fingerprint density at radius 1 is 1.28 bits per heavy atom. The van der Waals surface area contributed by atoms with Crippen molar-refractivity contribution >= 4 is 5.97 Å². The van der Waals surface area contributed by atoms with Crippen molar-refractivity contribution in [2.45, 2.75) is 39.2 Å². The Hall–Kier alpha value is -1.35. The molecule has 0 amide bonds. The number of carboxylic acid groups (broad SMARTS) is 1. The molecule has 1 N–H and O–H groups in total. The molecule has 1 aromatic carbocycles. The largest absolute Gasteiger partial charge is 0.480 e. The molecule has 0 saturated carbocycles. The molecule has 1 atom stereocenters. The van der Waals surface area contributed by atoms with Crippen LogP contribution in [0, 0.1) is 6.92 Å². The molecule has 1 unspecified atom stereocenters. The Bertz CT molecular complexity index is 399. The third-order valence-corrected chi connectivity index (χ3v) is 3.61. The van der Waals surface area contributed by atoms with Gasteiger partial charge in [0.2, 0.25) is 0 Å². The van der Waals surface area contributed by atoms with E-state index in [1.165, 1.54) is 0 Å². The lowest BCUT2D eigenvalue weighted by atomic mass is 9.85. The van der Waals surface area contributed by atoms with Crippen LogP contribution in [0.3, 0.4) is 0 Å². The summed E-state index contributed by atoms with van der Waals surface area (Å²) in [6.07, 6.45) is 1.50. The Balaban J connectivity index is 3.26. The van der Waals surface area contributed by atoms with Crippen molar-refractivity contribution in [3.63, 3.8) is 0 Å². The predicted octanol–water partition coefficient (Wildman–Crippen LogP) is 3.03. The van der Waals surface area contributed by atoms with Gasteiger partial charge in [-0.25, -0.2) is 4.79 Å². The smallest absolute Gasteiger partial charge is 0.328 e.